The van der Waals surface area contributed by atoms with Crippen LogP contribution in [-0.2, 0) is 0 Å². The second-order valence-electron chi connectivity index (χ2n) is 3.96. The summed E-state index contributed by atoms with van der Waals surface area (Å²) in [5.74, 6) is 3.17. The van der Waals surface area contributed by atoms with Crippen LogP contribution in [0.4, 0.5) is 0 Å². The minimum absolute atomic E-state index is 0.349. The lowest BCUT2D eigenvalue weighted by molar-refractivity contribution is 0.222. The Labute approximate surface area is 81.5 Å². The minimum atomic E-state index is 0.349. The predicted octanol–water partition coefficient (Wildman–Crippen LogP) is 2.75. The molecule has 0 aliphatic heterocycles. The van der Waals surface area contributed by atoms with Crippen LogP contribution >= 0.6 is 11.8 Å². The van der Waals surface area contributed by atoms with Gasteiger partial charge in [-0.05, 0) is 35.8 Å². The van der Waals surface area contributed by atoms with E-state index >= 15 is 0 Å². The minimum Gasteiger partial charge on any atom is -0.330 e. The fraction of sp³-hybridized carbons (Fsp3) is 1.00. The summed E-state index contributed by atoms with van der Waals surface area (Å²) in [6.45, 7) is 9.86. The van der Waals surface area contributed by atoms with Gasteiger partial charge in [-0.15, -0.1) is 0 Å². The Morgan fingerprint density at radius 1 is 1.42 bits per heavy atom. The highest BCUT2D eigenvalue weighted by molar-refractivity contribution is 7.99. The zero-order valence-electron chi connectivity index (χ0n) is 8.89. The predicted molar refractivity (Wildman–Crippen MR) is 59.6 cm³/mol. The molecule has 0 radical (unpaired) electrons. The van der Waals surface area contributed by atoms with Gasteiger partial charge in [0.15, 0.2) is 0 Å². The molecule has 0 spiro atoms. The molecule has 0 saturated heterocycles. The van der Waals surface area contributed by atoms with Gasteiger partial charge in [-0.25, -0.2) is 0 Å². The Hall–Kier alpha value is 0.310. The summed E-state index contributed by atoms with van der Waals surface area (Å²) in [4.78, 5) is 0. The van der Waals surface area contributed by atoms with Crippen molar-refractivity contribution in [3.63, 3.8) is 0 Å². The highest BCUT2D eigenvalue weighted by Gasteiger charge is 2.25. The second kappa shape index (κ2) is 5.87. The molecule has 1 unspecified atom stereocenters. The molecule has 0 bridgehead atoms. The summed E-state index contributed by atoms with van der Waals surface area (Å²) in [6, 6.07) is 0. The van der Waals surface area contributed by atoms with Gasteiger partial charge in [-0.1, -0.05) is 27.7 Å². The Balaban J connectivity index is 3.80. The van der Waals surface area contributed by atoms with E-state index in [2.05, 4.69) is 27.7 Å². The molecule has 74 valence electrons. The first-order chi connectivity index (χ1) is 5.56. The number of nitrogens with two attached hydrogens (primary N) is 1. The van der Waals surface area contributed by atoms with Crippen LogP contribution in [0.2, 0.25) is 0 Å². The average Bonchev–Trinajstić information content (AvgIpc) is 2.04. The monoisotopic (exact) mass is 189 g/mol. The lowest BCUT2D eigenvalue weighted by atomic mass is 9.77. The first-order valence-corrected chi connectivity index (χ1v) is 6.00. The average molecular weight is 189 g/mol. The molecule has 0 aliphatic rings. The lowest BCUT2D eigenvalue weighted by Crippen LogP contribution is -2.33. The number of thioether (sulfide) groups is 1. The maximum Gasteiger partial charge on any atom is -0.00204 e. The van der Waals surface area contributed by atoms with Crippen molar-refractivity contribution in [2.45, 2.75) is 34.1 Å². The Morgan fingerprint density at radius 2 is 2.00 bits per heavy atom. The molecule has 0 aromatic carbocycles. The maximum atomic E-state index is 5.78. The van der Waals surface area contributed by atoms with Crippen LogP contribution in [-0.4, -0.2) is 18.1 Å². The third kappa shape index (κ3) is 3.81. The van der Waals surface area contributed by atoms with Crippen LogP contribution in [0.15, 0.2) is 0 Å². The standard InChI is InChI=1S/C10H23NS/c1-5-12-7-6-10(4,8-11)9(2)3/h9H,5-8,11H2,1-4H3. The maximum absolute atomic E-state index is 5.78. The fourth-order valence-corrected chi connectivity index (χ4v) is 1.98. The van der Waals surface area contributed by atoms with Crippen LogP contribution in [0.5, 0.6) is 0 Å². The molecule has 1 atom stereocenters. The fourth-order valence-electron chi connectivity index (χ4n) is 1.08. The van der Waals surface area contributed by atoms with Gasteiger partial charge >= 0.3 is 0 Å². The number of hydrogen-bond acceptors (Lipinski definition) is 2. The summed E-state index contributed by atoms with van der Waals surface area (Å²) in [5, 5.41) is 0. The summed E-state index contributed by atoms with van der Waals surface area (Å²) >= 11 is 2.01. The third-order valence-electron chi connectivity index (χ3n) is 2.88. The van der Waals surface area contributed by atoms with Crippen LogP contribution in [0.1, 0.15) is 34.1 Å². The number of hydrogen-bond donors (Lipinski definition) is 1. The summed E-state index contributed by atoms with van der Waals surface area (Å²) in [6.07, 6.45) is 1.25. The Morgan fingerprint density at radius 3 is 2.33 bits per heavy atom. The molecule has 12 heavy (non-hydrogen) atoms. The van der Waals surface area contributed by atoms with E-state index in [1.807, 2.05) is 11.8 Å². The van der Waals surface area contributed by atoms with Gasteiger partial charge in [0.25, 0.3) is 0 Å². The molecule has 0 saturated carbocycles. The van der Waals surface area contributed by atoms with Gasteiger partial charge in [0, 0.05) is 0 Å². The zero-order chi connectivity index (χ0) is 9.61. The van der Waals surface area contributed by atoms with Crippen molar-refractivity contribution in [2.24, 2.45) is 17.1 Å². The van der Waals surface area contributed by atoms with Crippen LogP contribution in [0.3, 0.4) is 0 Å². The van der Waals surface area contributed by atoms with Gasteiger partial charge < -0.3 is 5.73 Å². The molecular formula is C10H23NS. The molecule has 0 fully saturated rings. The molecule has 0 aromatic heterocycles. The van der Waals surface area contributed by atoms with E-state index in [9.17, 15) is 0 Å². The van der Waals surface area contributed by atoms with E-state index in [-0.39, 0.29) is 0 Å². The highest BCUT2D eigenvalue weighted by Crippen LogP contribution is 2.30. The molecular weight excluding hydrogens is 166 g/mol. The Kier molecular flexibility index (Phi) is 6.02. The molecule has 0 rings (SSSR count). The van der Waals surface area contributed by atoms with E-state index in [1.54, 1.807) is 0 Å². The summed E-state index contributed by atoms with van der Waals surface area (Å²) < 4.78 is 0. The smallest absolute Gasteiger partial charge is 0.00204 e. The van der Waals surface area contributed by atoms with Gasteiger partial charge in [0.1, 0.15) is 0 Å². The molecule has 0 aromatic rings. The molecule has 2 N–H and O–H groups in total. The first-order valence-electron chi connectivity index (χ1n) is 4.84. The van der Waals surface area contributed by atoms with E-state index in [0.29, 0.717) is 11.3 Å². The van der Waals surface area contributed by atoms with E-state index in [4.69, 9.17) is 5.73 Å². The van der Waals surface area contributed by atoms with Crippen molar-refractivity contribution in [3.05, 3.63) is 0 Å². The molecule has 2 heteroatoms. The van der Waals surface area contributed by atoms with Crippen molar-refractivity contribution in [3.8, 4) is 0 Å². The van der Waals surface area contributed by atoms with Crippen LogP contribution in [0.25, 0.3) is 0 Å². The van der Waals surface area contributed by atoms with Crippen molar-refractivity contribution >= 4 is 11.8 Å². The van der Waals surface area contributed by atoms with Crippen molar-refractivity contribution < 1.29 is 0 Å². The van der Waals surface area contributed by atoms with Gasteiger partial charge in [-0.3, -0.25) is 0 Å². The zero-order valence-corrected chi connectivity index (χ0v) is 9.71. The SMILES string of the molecule is CCSCCC(C)(CN)C(C)C. The summed E-state index contributed by atoms with van der Waals surface area (Å²) in [7, 11) is 0. The quantitative estimate of drug-likeness (QED) is 0.650. The normalized spacial score (nSPS) is 16.5. The van der Waals surface area contributed by atoms with E-state index in [0.717, 1.165) is 6.54 Å². The van der Waals surface area contributed by atoms with E-state index < -0.39 is 0 Å². The largest absolute Gasteiger partial charge is 0.330 e. The van der Waals surface area contributed by atoms with Crippen molar-refractivity contribution in [1.82, 2.24) is 0 Å². The van der Waals surface area contributed by atoms with Gasteiger partial charge in [0.05, 0.1) is 0 Å². The Bertz CT molecular complexity index is 114. The highest BCUT2D eigenvalue weighted by atomic mass is 32.2. The van der Waals surface area contributed by atoms with E-state index in [1.165, 1.54) is 17.9 Å². The van der Waals surface area contributed by atoms with Gasteiger partial charge in [0.2, 0.25) is 0 Å². The van der Waals surface area contributed by atoms with Crippen molar-refractivity contribution in [1.29, 1.82) is 0 Å². The van der Waals surface area contributed by atoms with Gasteiger partial charge in [-0.2, -0.15) is 11.8 Å². The second-order valence-corrected chi connectivity index (χ2v) is 5.35. The summed E-state index contributed by atoms with van der Waals surface area (Å²) in [5.41, 5.74) is 6.13. The lowest BCUT2D eigenvalue weighted by Gasteiger charge is -2.32. The molecule has 1 nitrogen and oxygen atoms in total. The van der Waals surface area contributed by atoms with Crippen LogP contribution in [0, 0.1) is 11.3 Å². The third-order valence-corrected chi connectivity index (χ3v) is 3.78. The van der Waals surface area contributed by atoms with Crippen LogP contribution < -0.4 is 5.73 Å². The molecule has 0 heterocycles. The first kappa shape index (κ1) is 12.3. The van der Waals surface area contributed by atoms with Crippen molar-refractivity contribution in [2.75, 3.05) is 18.1 Å². The molecule has 0 aliphatic carbocycles. The topological polar surface area (TPSA) is 26.0 Å². The number of rotatable bonds is 6. The molecule has 0 amide bonds.